The summed E-state index contributed by atoms with van der Waals surface area (Å²) in [5.74, 6) is -1.03. The number of carboxylic acid groups (broad SMARTS) is 1. The van der Waals surface area contributed by atoms with E-state index in [1.807, 2.05) is 25.1 Å². The van der Waals surface area contributed by atoms with E-state index in [1.54, 1.807) is 30.5 Å². The minimum absolute atomic E-state index is 0.0560. The predicted octanol–water partition coefficient (Wildman–Crippen LogP) is 4.61. The second kappa shape index (κ2) is 8.18. The number of phenolic OH excluding ortho intramolecular Hbond substituents is 2. The number of rotatable bonds is 5. The summed E-state index contributed by atoms with van der Waals surface area (Å²) >= 11 is 0. The number of aromatic hydroxyl groups is 2. The van der Waals surface area contributed by atoms with Gasteiger partial charge in [-0.1, -0.05) is 23.8 Å². The van der Waals surface area contributed by atoms with Crippen LogP contribution in [0.15, 0.2) is 70.6 Å². The quantitative estimate of drug-likeness (QED) is 0.568. The van der Waals surface area contributed by atoms with E-state index >= 15 is 0 Å². The summed E-state index contributed by atoms with van der Waals surface area (Å²) in [5, 5.41) is 29.0. The molecule has 0 radical (unpaired) electrons. The van der Waals surface area contributed by atoms with Gasteiger partial charge in [0.15, 0.2) is 0 Å². The number of para-hydroxylation sites is 2. The smallest absolute Gasteiger partial charge is 0.335 e. The lowest BCUT2D eigenvalue weighted by atomic mass is 10.1. The van der Waals surface area contributed by atoms with Gasteiger partial charge in [0.05, 0.1) is 16.9 Å². The second-order valence-corrected chi connectivity index (χ2v) is 6.15. The van der Waals surface area contributed by atoms with Crippen molar-refractivity contribution in [3.8, 4) is 11.5 Å². The van der Waals surface area contributed by atoms with E-state index in [0.29, 0.717) is 16.9 Å². The van der Waals surface area contributed by atoms with E-state index in [4.69, 9.17) is 5.11 Å². The van der Waals surface area contributed by atoms with Crippen LogP contribution in [-0.2, 0) is 0 Å². The summed E-state index contributed by atoms with van der Waals surface area (Å²) in [6.45, 7) is 1.92. The van der Waals surface area contributed by atoms with Gasteiger partial charge in [-0.2, -0.15) is 0 Å². The van der Waals surface area contributed by atoms with Gasteiger partial charge in [-0.3, -0.25) is 9.98 Å². The minimum atomic E-state index is -1.09. The van der Waals surface area contributed by atoms with Crippen LogP contribution >= 0.6 is 0 Å². The first kappa shape index (κ1) is 18.8. The number of carboxylic acids is 1. The van der Waals surface area contributed by atoms with Crippen molar-refractivity contribution >= 4 is 29.8 Å². The zero-order valence-corrected chi connectivity index (χ0v) is 15.1. The highest BCUT2D eigenvalue weighted by Gasteiger charge is 2.07. The lowest BCUT2D eigenvalue weighted by molar-refractivity contribution is 0.0697. The zero-order chi connectivity index (χ0) is 20.1. The molecule has 28 heavy (non-hydrogen) atoms. The molecule has 0 heterocycles. The molecule has 0 amide bonds. The van der Waals surface area contributed by atoms with Crippen molar-refractivity contribution in [2.75, 3.05) is 0 Å². The molecule has 0 aliphatic heterocycles. The Kier molecular flexibility index (Phi) is 5.50. The van der Waals surface area contributed by atoms with E-state index in [2.05, 4.69) is 9.98 Å². The van der Waals surface area contributed by atoms with Gasteiger partial charge in [-0.25, -0.2) is 4.79 Å². The topological polar surface area (TPSA) is 102 Å². The van der Waals surface area contributed by atoms with Gasteiger partial charge in [-0.05, 0) is 49.4 Å². The third-order valence-electron chi connectivity index (χ3n) is 4.02. The minimum Gasteiger partial charge on any atom is -0.507 e. The Hall–Kier alpha value is -3.93. The predicted molar refractivity (Wildman–Crippen MR) is 109 cm³/mol. The first-order valence-electron chi connectivity index (χ1n) is 8.47. The molecule has 0 fully saturated rings. The molecule has 0 aromatic heterocycles. The molecule has 3 aromatic rings. The molecule has 6 nitrogen and oxygen atoms in total. The van der Waals surface area contributed by atoms with Crippen LogP contribution in [0.2, 0.25) is 0 Å². The van der Waals surface area contributed by atoms with E-state index < -0.39 is 5.97 Å². The van der Waals surface area contributed by atoms with E-state index in [0.717, 1.165) is 5.56 Å². The Labute approximate surface area is 161 Å². The number of nitrogens with zero attached hydrogens (tertiary/aromatic N) is 2. The van der Waals surface area contributed by atoms with Crippen molar-refractivity contribution < 1.29 is 20.1 Å². The van der Waals surface area contributed by atoms with Gasteiger partial charge in [0.2, 0.25) is 0 Å². The summed E-state index contributed by atoms with van der Waals surface area (Å²) in [5.41, 5.74) is 3.03. The van der Waals surface area contributed by atoms with Crippen molar-refractivity contribution in [3.05, 3.63) is 82.9 Å². The Morgan fingerprint density at radius 2 is 1.36 bits per heavy atom. The first-order valence-corrected chi connectivity index (χ1v) is 8.47. The molecule has 0 atom stereocenters. The fraction of sp³-hybridized carbons (Fsp3) is 0.0455. The molecular weight excluding hydrogens is 356 g/mol. The Morgan fingerprint density at radius 3 is 1.93 bits per heavy atom. The van der Waals surface area contributed by atoms with Crippen LogP contribution in [0.1, 0.15) is 27.0 Å². The van der Waals surface area contributed by atoms with Crippen LogP contribution < -0.4 is 0 Å². The molecule has 140 valence electrons. The molecule has 3 aromatic carbocycles. The molecule has 0 bridgehead atoms. The van der Waals surface area contributed by atoms with Crippen molar-refractivity contribution in [1.29, 1.82) is 0 Å². The molecule has 0 saturated heterocycles. The standard InChI is InChI=1S/C22H18N2O4/c1-14-6-8-20(25)16(10-14)12-23-18-4-2-3-5-19(18)24-13-17-11-15(22(27)28)7-9-21(17)26/h2-13,25-26H,1H3,(H,27,28). The van der Waals surface area contributed by atoms with Crippen molar-refractivity contribution in [3.63, 3.8) is 0 Å². The highest BCUT2D eigenvalue weighted by atomic mass is 16.4. The third kappa shape index (κ3) is 4.42. The molecular formula is C22H18N2O4. The number of aryl methyl sites for hydroxylation is 1. The average molecular weight is 374 g/mol. The van der Waals surface area contributed by atoms with E-state index in [-0.39, 0.29) is 22.6 Å². The molecule has 3 N–H and O–H groups in total. The van der Waals surface area contributed by atoms with Crippen molar-refractivity contribution in [2.24, 2.45) is 9.98 Å². The Balaban J connectivity index is 1.92. The van der Waals surface area contributed by atoms with Gasteiger partial charge >= 0.3 is 5.97 Å². The largest absolute Gasteiger partial charge is 0.507 e. The fourth-order valence-electron chi connectivity index (χ4n) is 2.53. The number of benzene rings is 3. The molecule has 0 spiro atoms. The van der Waals surface area contributed by atoms with E-state index in [9.17, 15) is 15.0 Å². The highest BCUT2D eigenvalue weighted by molar-refractivity contribution is 5.94. The Morgan fingerprint density at radius 1 is 0.821 bits per heavy atom. The van der Waals surface area contributed by atoms with Gasteiger partial charge in [0.1, 0.15) is 11.5 Å². The SMILES string of the molecule is Cc1ccc(O)c(C=Nc2ccccc2N=Cc2cc(C(=O)O)ccc2O)c1. The van der Waals surface area contributed by atoms with Crippen molar-refractivity contribution in [2.45, 2.75) is 6.92 Å². The van der Waals surface area contributed by atoms with Crippen LogP contribution in [-0.4, -0.2) is 33.7 Å². The Bertz CT molecular complexity index is 1090. The summed E-state index contributed by atoms with van der Waals surface area (Å²) in [4.78, 5) is 19.8. The van der Waals surface area contributed by atoms with Crippen LogP contribution in [0.5, 0.6) is 11.5 Å². The summed E-state index contributed by atoms with van der Waals surface area (Å²) < 4.78 is 0. The van der Waals surface area contributed by atoms with Crippen molar-refractivity contribution in [1.82, 2.24) is 0 Å². The normalized spacial score (nSPS) is 11.3. The molecule has 0 unspecified atom stereocenters. The number of carbonyl (C=O) groups is 1. The maximum absolute atomic E-state index is 11.1. The highest BCUT2D eigenvalue weighted by Crippen LogP contribution is 2.28. The number of hydrogen-bond acceptors (Lipinski definition) is 5. The number of aliphatic imine (C=N–C) groups is 2. The third-order valence-corrected chi connectivity index (χ3v) is 4.02. The maximum Gasteiger partial charge on any atom is 0.335 e. The van der Waals surface area contributed by atoms with Crippen LogP contribution in [0.25, 0.3) is 0 Å². The molecule has 0 aliphatic carbocycles. The number of phenols is 2. The molecule has 0 saturated carbocycles. The maximum atomic E-state index is 11.1. The lowest BCUT2D eigenvalue weighted by Crippen LogP contribution is -1.97. The van der Waals surface area contributed by atoms with Gasteiger partial charge in [0.25, 0.3) is 0 Å². The first-order chi connectivity index (χ1) is 13.4. The van der Waals surface area contributed by atoms with Gasteiger partial charge in [0, 0.05) is 23.6 Å². The number of hydrogen-bond donors (Lipinski definition) is 3. The van der Waals surface area contributed by atoms with Crippen LogP contribution in [0.3, 0.4) is 0 Å². The zero-order valence-electron chi connectivity index (χ0n) is 15.1. The molecule has 6 heteroatoms. The second-order valence-electron chi connectivity index (χ2n) is 6.15. The van der Waals surface area contributed by atoms with Gasteiger partial charge in [-0.15, -0.1) is 0 Å². The average Bonchev–Trinajstić information content (AvgIpc) is 2.68. The molecule has 3 rings (SSSR count). The number of aromatic carboxylic acids is 1. The van der Waals surface area contributed by atoms with Crippen LogP contribution in [0.4, 0.5) is 11.4 Å². The van der Waals surface area contributed by atoms with E-state index in [1.165, 1.54) is 24.4 Å². The summed E-state index contributed by atoms with van der Waals surface area (Å²) in [6.07, 6.45) is 2.94. The fourth-order valence-corrected chi connectivity index (χ4v) is 2.53. The summed E-state index contributed by atoms with van der Waals surface area (Å²) in [6, 6.07) is 16.3. The van der Waals surface area contributed by atoms with Crippen LogP contribution in [0, 0.1) is 6.92 Å². The summed E-state index contributed by atoms with van der Waals surface area (Å²) in [7, 11) is 0. The van der Waals surface area contributed by atoms with Gasteiger partial charge < -0.3 is 15.3 Å². The monoisotopic (exact) mass is 374 g/mol. The molecule has 0 aliphatic rings. The lowest BCUT2D eigenvalue weighted by Gasteiger charge is -2.03.